The van der Waals surface area contributed by atoms with Crippen molar-refractivity contribution in [2.45, 2.75) is 45.3 Å². The Hall–Kier alpha value is -2.60. The lowest BCUT2D eigenvalue weighted by Crippen LogP contribution is -2.42. The fourth-order valence-corrected chi connectivity index (χ4v) is 2.57. The first-order chi connectivity index (χ1) is 12.2. The van der Waals surface area contributed by atoms with Gasteiger partial charge in [0.05, 0.1) is 6.20 Å². The molecule has 1 aromatic rings. The molecule has 1 aromatic heterocycles. The summed E-state index contributed by atoms with van der Waals surface area (Å²) in [4.78, 5) is 48.5. The van der Waals surface area contributed by atoms with Crippen LogP contribution in [0.25, 0.3) is 0 Å². The second kappa shape index (κ2) is 8.19. The first-order valence-electron chi connectivity index (χ1n) is 7.50. The summed E-state index contributed by atoms with van der Waals surface area (Å²) in [7, 11) is 0. The molecule has 11 nitrogen and oxygen atoms in total. The van der Waals surface area contributed by atoms with Crippen LogP contribution in [0, 0.1) is 4.64 Å². The third-order valence-corrected chi connectivity index (χ3v) is 3.53. The number of nitrogens with zero attached hydrogens (tertiary/aromatic N) is 2. The van der Waals surface area contributed by atoms with Crippen molar-refractivity contribution in [3.05, 3.63) is 21.3 Å². The zero-order valence-electron chi connectivity index (χ0n) is 14.2. The Balaban J connectivity index is 2.41. The Labute approximate surface area is 152 Å². The van der Waals surface area contributed by atoms with Gasteiger partial charge >= 0.3 is 23.6 Å². The maximum atomic E-state index is 12.1. The minimum Gasteiger partial charge on any atom is -0.463 e. The van der Waals surface area contributed by atoms with Crippen molar-refractivity contribution < 1.29 is 33.3 Å². The predicted octanol–water partition coefficient (Wildman–Crippen LogP) is -0.375. The second-order valence-corrected chi connectivity index (χ2v) is 5.84. The standard InChI is InChI=1S/C14H17N3O8S/c1-6(18)22-5-9-11(23-7(2)19)12(24-8(3)20)13(25-9)17-14(21)16-10(26)4-15-17/h4,9,11-13H,5H2,1-3H3,(H,16,21,26)/t9-,11?,12?,13-/m1/s1. The van der Waals surface area contributed by atoms with E-state index in [2.05, 4.69) is 10.1 Å². The number of carbonyl (C=O) groups is 3. The summed E-state index contributed by atoms with van der Waals surface area (Å²) < 4.78 is 21.9. The molecule has 2 heterocycles. The van der Waals surface area contributed by atoms with E-state index in [1.807, 2.05) is 0 Å². The van der Waals surface area contributed by atoms with E-state index in [0.29, 0.717) is 0 Å². The fourth-order valence-electron chi connectivity index (χ4n) is 2.43. The van der Waals surface area contributed by atoms with Crippen molar-refractivity contribution in [1.29, 1.82) is 0 Å². The number of H-pyrrole nitrogens is 1. The molecule has 26 heavy (non-hydrogen) atoms. The molecule has 2 rings (SSSR count). The highest BCUT2D eigenvalue weighted by atomic mass is 32.1. The summed E-state index contributed by atoms with van der Waals surface area (Å²) >= 11 is 4.82. The Morgan fingerprint density at radius 2 is 1.81 bits per heavy atom. The molecule has 0 spiro atoms. The van der Waals surface area contributed by atoms with Crippen molar-refractivity contribution in [2.75, 3.05) is 6.61 Å². The molecule has 0 radical (unpaired) electrons. The molecular weight excluding hydrogens is 370 g/mol. The molecular formula is C14H17N3O8S. The third kappa shape index (κ3) is 4.73. The Bertz CT molecular complexity index is 819. The number of esters is 3. The lowest BCUT2D eigenvalue weighted by Gasteiger charge is -2.23. The van der Waals surface area contributed by atoms with Gasteiger partial charge in [-0.15, -0.1) is 0 Å². The molecule has 142 valence electrons. The number of aromatic nitrogens is 3. The van der Waals surface area contributed by atoms with Gasteiger partial charge in [0.2, 0.25) is 0 Å². The monoisotopic (exact) mass is 387 g/mol. The number of hydrogen-bond acceptors (Lipinski definition) is 10. The molecule has 1 N–H and O–H groups in total. The molecule has 1 fully saturated rings. The van der Waals surface area contributed by atoms with E-state index in [4.69, 9.17) is 31.2 Å². The average molecular weight is 387 g/mol. The van der Waals surface area contributed by atoms with Crippen LogP contribution >= 0.6 is 12.2 Å². The average Bonchev–Trinajstić information content (AvgIpc) is 2.82. The molecule has 0 aromatic carbocycles. The van der Waals surface area contributed by atoms with Crippen LogP contribution < -0.4 is 5.69 Å². The van der Waals surface area contributed by atoms with E-state index in [9.17, 15) is 19.2 Å². The molecule has 12 heteroatoms. The van der Waals surface area contributed by atoms with Crippen LogP contribution in [0.3, 0.4) is 0 Å². The van der Waals surface area contributed by atoms with Gasteiger partial charge in [0.25, 0.3) is 0 Å². The fraction of sp³-hybridized carbons (Fsp3) is 0.571. The van der Waals surface area contributed by atoms with Crippen LogP contribution in [0.4, 0.5) is 0 Å². The molecule has 0 bridgehead atoms. The number of nitrogens with one attached hydrogen (secondary N) is 1. The Morgan fingerprint density at radius 1 is 1.19 bits per heavy atom. The minimum atomic E-state index is -1.22. The van der Waals surface area contributed by atoms with E-state index in [1.165, 1.54) is 13.1 Å². The SMILES string of the molecule is CC(=O)OC[C@H]1O[C@@H](n2ncc(=S)[nH]c2=O)C(OC(C)=O)C1OC(C)=O. The van der Waals surface area contributed by atoms with Gasteiger partial charge in [-0.1, -0.05) is 12.2 Å². The van der Waals surface area contributed by atoms with Crippen LogP contribution in [0.5, 0.6) is 0 Å². The number of ether oxygens (including phenoxy) is 4. The van der Waals surface area contributed by atoms with E-state index >= 15 is 0 Å². The van der Waals surface area contributed by atoms with Crippen LogP contribution in [-0.4, -0.2) is 57.6 Å². The zero-order valence-corrected chi connectivity index (χ0v) is 15.0. The zero-order chi connectivity index (χ0) is 19.4. The third-order valence-electron chi connectivity index (χ3n) is 3.32. The lowest BCUT2D eigenvalue weighted by atomic mass is 10.1. The molecule has 1 aliphatic rings. The van der Waals surface area contributed by atoms with Crippen LogP contribution in [-0.2, 0) is 33.3 Å². The van der Waals surface area contributed by atoms with E-state index < -0.39 is 48.1 Å². The molecule has 0 amide bonds. The highest BCUT2D eigenvalue weighted by molar-refractivity contribution is 7.71. The topological polar surface area (TPSA) is 139 Å². The molecule has 0 saturated carbocycles. The molecule has 4 atom stereocenters. The van der Waals surface area contributed by atoms with Gasteiger partial charge in [0.15, 0.2) is 18.4 Å². The van der Waals surface area contributed by atoms with Gasteiger partial charge < -0.3 is 18.9 Å². The van der Waals surface area contributed by atoms with Crippen molar-refractivity contribution >= 4 is 30.1 Å². The van der Waals surface area contributed by atoms with Crippen molar-refractivity contribution in [2.24, 2.45) is 0 Å². The Kier molecular flexibility index (Phi) is 6.21. The Morgan fingerprint density at radius 3 is 2.35 bits per heavy atom. The molecule has 1 aliphatic heterocycles. The molecule has 2 unspecified atom stereocenters. The number of carbonyl (C=O) groups excluding carboxylic acids is 3. The summed E-state index contributed by atoms with van der Waals surface area (Å²) in [6.07, 6.45) is -3.30. The molecule has 0 aliphatic carbocycles. The summed E-state index contributed by atoms with van der Waals surface area (Å²) in [6, 6.07) is 0. The van der Waals surface area contributed by atoms with Gasteiger partial charge in [-0.3, -0.25) is 19.4 Å². The van der Waals surface area contributed by atoms with Gasteiger partial charge in [-0.25, -0.2) is 4.79 Å². The van der Waals surface area contributed by atoms with Crippen LogP contribution in [0.1, 0.15) is 27.0 Å². The second-order valence-electron chi connectivity index (χ2n) is 5.40. The first-order valence-corrected chi connectivity index (χ1v) is 7.91. The van der Waals surface area contributed by atoms with E-state index in [-0.39, 0.29) is 11.2 Å². The summed E-state index contributed by atoms with van der Waals surface area (Å²) in [5.74, 6) is -1.94. The quantitative estimate of drug-likeness (QED) is 0.404. The van der Waals surface area contributed by atoms with Gasteiger partial charge in [-0.05, 0) is 0 Å². The van der Waals surface area contributed by atoms with Crippen molar-refractivity contribution in [3.8, 4) is 0 Å². The minimum absolute atomic E-state index is 0.0984. The summed E-state index contributed by atoms with van der Waals surface area (Å²) in [5.41, 5.74) is -0.714. The lowest BCUT2D eigenvalue weighted by molar-refractivity contribution is -0.166. The summed E-state index contributed by atoms with van der Waals surface area (Å²) in [5, 5.41) is 3.86. The van der Waals surface area contributed by atoms with E-state index in [0.717, 1.165) is 18.5 Å². The van der Waals surface area contributed by atoms with Crippen LogP contribution in [0.15, 0.2) is 11.0 Å². The number of rotatable bonds is 5. The number of aromatic amines is 1. The van der Waals surface area contributed by atoms with Gasteiger partial charge in [0.1, 0.15) is 17.4 Å². The molecule has 1 saturated heterocycles. The first kappa shape index (κ1) is 19.7. The maximum Gasteiger partial charge on any atom is 0.345 e. The van der Waals surface area contributed by atoms with Crippen LogP contribution in [0.2, 0.25) is 0 Å². The highest BCUT2D eigenvalue weighted by Crippen LogP contribution is 2.33. The predicted molar refractivity (Wildman–Crippen MR) is 85.3 cm³/mol. The van der Waals surface area contributed by atoms with Gasteiger partial charge in [0, 0.05) is 20.8 Å². The van der Waals surface area contributed by atoms with Crippen molar-refractivity contribution in [3.63, 3.8) is 0 Å². The van der Waals surface area contributed by atoms with Gasteiger partial charge in [-0.2, -0.15) is 9.78 Å². The van der Waals surface area contributed by atoms with E-state index in [1.54, 1.807) is 0 Å². The highest BCUT2D eigenvalue weighted by Gasteiger charge is 2.51. The largest absolute Gasteiger partial charge is 0.463 e. The van der Waals surface area contributed by atoms with Crippen molar-refractivity contribution in [1.82, 2.24) is 14.8 Å². The number of hydrogen-bond donors (Lipinski definition) is 1. The smallest absolute Gasteiger partial charge is 0.345 e. The normalized spacial score (nSPS) is 24.7. The maximum absolute atomic E-state index is 12.1. The summed E-state index contributed by atoms with van der Waals surface area (Å²) in [6.45, 7) is 3.22.